The minimum Gasteiger partial charge on any atom is -0.414 e. The van der Waals surface area contributed by atoms with Gasteiger partial charge in [-0.15, -0.1) is 0 Å². The van der Waals surface area contributed by atoms with Gasteiger partial charge in [-0.05, 0) is 36.3 Å². The number of methoxy groups -OCH3 is 1. The third-order valence-electron chi connectivity index (χ3n) is 5.66. The minimum atomic E-state index is -1.91. The van der Waals surface area contributed by atoms with Crippen molar-refractivity contribution in [2.75, 3.05) is 27.1 Å². The molecule has 25 heavy (non-hydrogen) atoms. The second kappa shape index (κ2) is 9.44. The van der Waals surface area contributed by atoms with E-state index in [-0.39, 0.29) is 23.5 Å². The summed E-state index contributed by atoms with van der Waals surface area (Å²) in [6, 6.07) is 0. The summed E-state index contributed by atoms with van der Waals surface area (Å²) in [5.74, 6) is 0. The number of hydrogen-bond acceptors (Lipinski definition) is 5. The number of hydrogen-bond donors (Lipinski definition) is 1. The molecule has 0 aliphatic carbocycles. The van der Waals surface area contributed by atoms with E-state index < -0.39 is 28.8 Å². The van der Waals surface area contributed by atoms with Crippen LogP contribution in [0.15, 0.2) is 0 Å². The van der Waals surface area contributed by atoms with Gasteiger partial charge in [0.1, 0.15) is 19.0 Å². The Labute approximate surface area is 157 Å². The molecular weight excluding hydrogens is 352 g/mol. The van der Waals surface area contributed by atoms with Crippen LogP contribution in [0.2, 0.25) is 36.3 Å². The molecule has 0 unspecified atom stereocenters. The number of aliphatic hydroxyl groups excluding tert-OH is 1. The molecule has 2 atom stereocenters. The molecule has 0 bridgehead atoms. The van der Waals surface area contributed by atoms with Crippen molar-refractivity contribution in [2.24, 2.45) is 0 Å². The highest BCUT2D eigenvalue weighted by atomic mass is 28.4. The molecule has 0 saturated heterocycles. The van der Waals surface area contributed by atoms with Gasteiger partial charge in [-0.1, -0.05) is 41.5 Å². The number of rotatable bonds is 10. The Morgan fingerprint density at radius 2 is 1.20 bits per heavy atom. The maximum Gasteiger partial charge on any atom is 0.192 e. The van der Waals surface area contributed by atoms with Crippen molar-refractivity contribution in [3.63, 3.8) is 0 Å². The summed E-state index contributed by atoms with van der Waals surface area (Å²) < 4.78 is 23.1. The standard InChI is InChI=1S/C18H42O5Si2/c1-17(2,3)24(8,9)22-12-15(19)16(21-14-20-7)13-23-25(10,11)18(4,5)6/h15-16,19H,12-14H2,1-11H3/t15-,16-/m0/s1. The van der Waals surface area contributed by atoms with Crippen LogP contribution in [0.1, 0.15) is 41.5 Å². The van der Waals surface area contributed by atoms with Gasteiger partial charge >= 0.3 is 0 Å². The van der Waals surface area contributed by atoms with Gasteiger partial charge in [-0.2, -0.15) is 0 Å². The first kappa shape index (κ1) is 25.2. The molecule has 0 aromatic carbocycles. The molecule has 0 aromatic heterocycles. The zero-order valence-electron chi connectivity index (χ0n) is 18.4. The molecule has 0 heterocycles. The van der Waals surface area contributed by atoms with Gasteiger partial charge in [-0.3, -0.25) is 0 Å². The summed E-state index contributed by atoms with van der Waals surface area (Å²) in [5.41, 5.74) is 0. The third-order valence-corrected chi connectivity index (χ3v) is 14.7. The van der Waals surface area contributed by atoms with Crippen LogP contribution in [-0.2, 0) is 18.3 Å². The summed E-state index contributed by atoms with van der Waals surface area (Å²) in [6.45, 7) is 22.6. The predicted molar refractivity (Wildman–Crippen MR) is 109 cm³/mol. The summed E-state index contributed by atoms with van der Waals surface area (Å²) in [6.07, 6.45) is -1.20. The molecule has 0 fully saturated rings. The van der Waals surface area contributed by atoms with Gasteiger partial charge in [-0.25, -0.2) is 0 Å². The Morgan fingerprint density at radius 3 is 1.56 bits per heavy atom. The van der Waals surface area contributed by atoms with E-state index in [0.717, 1.165) is 0 Å². The van der Waals surface area contributed by atoms with Gasteiger partial charge in [0.25, 0.3) is 0 Å². The van der Waals surface area contributed by atoms with Crippen molar-refractivity contribution in [2.45, 2.75) is 90.0 Å². The van der Waals surface area contributed by atoms with Crippen LogP contribution >= 0.6 is 0 Å². The molecule has 0 radical (unpaired) electrons. The van der Waals surface area contributed by atoms with Crippen LogP contribution in [0.25, 0.3) is 0 Å². The zero-order chi connectivity index (χ0) is 20.1. The highest BCUT2D eigenvalue weighted by Crippen LogP contribution is 2.37. The second-order valence-electron chi connectivity index (χ2n) is 9.82. The Balaban J connectivity index is 4.86. The third kappa shape index (κ3) is 8.20. The molecule has 0 aliphatic heterocycles. The molecule has 152 valence electrons. The first-order valence-corrected chi connectivity index (χ1v) is 14.9. The fourth-order valence-corrected chi connectivity index (χ4v) is 3.58. The van der Waals surface area contributed by atoms with Crippen molar-refractivity contribution >= 4 is 16.6 Å². The quantitative estimate of drug-likeness (QED) is 0.440. The van der Waals surface area contributed by atoms with Gasteiger partial charge in [0, 0.05) is 7.11 Å². The highest BCUT2D eigenvalue weighted by Gasteiger charge is 2.40. The summed E-state index contributed by atoms with van der Waals surface area (Å²) >= 11 is 0. The largest absolute Gasteiger partial charge is 0.414 e. The first-order valence-electron chi connectivity index (χ1n) is 9.11. The summed E-state index contributed by atoms with van der Waals surface area (Å²) in [5, 5.41) is 10.8. The van der Waals surface area contributed by atoms with Crippen LogP contribution in [0.4, 0.5) is 0 Å². The van der Waals surface area contributed by atoms with Gasteiger partial charge in [0.2, 0.25) is 0 Å². The monoisotopic (exact) mass is 394 g/mol. The van der Waals surface area contributed by atoms with E-state index >= 15 is 0 Å². The fraction of sp³-hybridized carbons (Fsp3) is 1.00. The Morgan fingerprint density at radius 1 is 0.800 bits per heavy atom. The Hall–Kier alpha value is 0.234. The van der Waals surface area contributed by atoms with E-state index in [2.05, 4.69) is 67.7 Å². The predicted octanol–water partition coefficient (Wildman–Crippen LogP) is 4.38. The molecule has 5 nitrogen and oxygen atoms in total. The van der Waals surface area contributed by atoms with Crippen molar-refractivity contribution < 1.29 is 23.4 Å². The van der Waals surface area contributed by atoms with E-state index in [1.54, 1.807) is 7.11 Å². The van der Waals surface area contributed by atoms with Gasteiger partial charge < -0.3 is 23.4 Å². The maximum absolute atomic E-state index is 10.6. The lowest BCUT2D eigenvalue weighted by molar-refractivity contribution is -0.132. The fourth-order valence-electron chi connectivity index (χ4n) is 1.55. The molecule has 0 aromatic rings. The highest BCUT2D eigenvalue weighted by molar-refractivity contribution is 6.74. The van der Waals surface area contributed by atoms with E-state index in [0.29, 0.717) is 6.61 Å². The lowest BCUT2D eigenvalue weighted by atomic mass is 10.2. The van der Waals surface area contributed by atoms with Gasteiger partial charge in [0.15, 0.2) is 16.6 Å². The molecule has 1 N–H and O–H groups in total. The molecule has 0 amide bonds. The van der Waals surface area contributed by atoms with Crippen LogP contribution in [0, 0.1) is 0 Å². The van der Waals surface area contributed by atoms with Crippen molar-refractivity contribution in [1.29, 1.82) is 0 Å². The van der Waals surface area contributed by atoms with E-state index in [1.165, 1.54) is 0 Å². The van der Waals surface area contributed by atoms with Crippen molar-refractivity contribution in [1.82, 2.24) is 0 Å². The van der Waals surface area contributed by atoms with Crippen LogP contribution in [-0.4, -0.2) is 61.1 Å². The Bertz CT molecular complexity index is 386. The van der Waals surface area contributed by atoms with Gasteiger partial charge in [0.05, 0.1) is 13.2 Å². The lowest BCUT2D eigenvalue weighted by Crippen LogP contribution is -2.48. The molecule has 0 spiro atoms. The topological polar surface area (TPSA) is 57.2 Å². The maximum atomic E-state index is 10.6. The molecule has 0 saturated carbocycles. The molecular formula is C18H42O5Si2. The van der Waals surface area contributed by atoms with Crippen LogP contribution < -0.4 is 0 Å². The van der Waals surface area contributed by atoms with Crippen LogP contribution in [0.5, 0.6) is 0 Å². The minimum absolute atomic E-state index is 0.104. The zero-order valence-corrected chi connectivity index (χ0v) is 20.4. The normalized spacial score (nSPS) is 16.8. The smallest absolute Gasteiger partial charge is 0.192 e. The molecule has 0 aliphatic rings. The SMILES string of the molecule is COCO[C@@H](CO[Si](C)(C)C(C)(C)C)[C@@H](O)CO[Si](C)(C)C(C)(C)C. The van der Waals surface area contributed by atoms with E-state index in [4.69, 9.17) is 18.3 Å². The average molecular weight is 395 g/mol. The van der Waals surface area contributed by atoms with Crippen molar-refractivity contribution in [3.05, 3.63) is 0 Å². The average Bonchev–Trinajstić information content (AvgIpc) is 2.42. The number of aliphatic hydroxyl groups is 1. The first-order chi connectivity index (χ1) is 11.0. The summed E-state index contributed by atoms with van der Waals surface area (Å²) in [4.78, 5) is 0. The van der Waals surface area contributed by atoms with E-state index in [1.807, 2.05) is 0 Å². The molecule has 7 heteroatoms. The van der Waals surface area contributed by atoms with Crippen molar-refractivity contribution in [3.8, 4) is 0 Å². The Kier molecular flexibility index (Phi) is 9.52. The lowest BCUT2D eigenvalue weighted by Gasteiger charge is -2.39. The van der Waals surface area contributed by atoms with E-state index in [9.17, 15) is 5.11 Å². The van der Waals surface area contributed by atoms with Crippen LogP contribution in [0.3, 0.4) is 0 Å². The summed E-state index contributed by atoms with van der Waals surface area (Å²) in [7, 11) is -2.25. The second-order valence-corrected chi connectivity index (χ2v) is 19.4. The molecule has 0 rings (SSSR count). The number of ether oxygens (including phenoxy) is 2.